The Morgan fingerprint density at radius 1 is 0.875 bits per heavy atom. The lowest BCUT2D eigenvalue weighted by Gasteiger charge is -2.34. The van der Waals surface area contributed by atoms with Gasteiger partial charge in [-0.05, 0) is 90.3 Å². The number of carbonyl (C=O) groups is 2. The number of nitrogens with zero attached hydrogens (tertiary/aromatic N) is 2. The first-order valence-electron chi connectivity index (χ1n) is 13.4. The fraction of sp³-hybridized carbons (Fsp3) is 0.375. The summed E-state index contributed by atoms with van der Waals surface area (Å²) in [7, 11) is -4.11. The van der Waals surface area contributed by atoms with Crippen molar-refractivity contribution in [2.45, 2.75) is 78.4 Å². The number of rotatable bonds is 9. The Labute approximate surface area is 239 Å². The molecule has 7 nitrogen and oxygen atoms in total. The van der Waals surface area contributed by atoms with Crippen molar-refractivity contribution in [3.63, 3.8) is 0 Å². The van der Waals surface area contributed by atoms with E-state index in [0.29, 0.717) is 5.69 Å². The SMILES string of the molecule is Cc1ccc(S(=O)(=O)N(CC(=O)N(Cc2cccc(C)c2)[C@H](C)C(=O)NC(C)(C)C)c2cccc(C)c2C)cc1. The van der Waals surface area contributed by atoms with Gasteiger partial charge in [0.1, 0.15) is 12.6 Å². The molecule has 0 aromatic heterocycles. The molecular weight excluding hydrogens is 522 g/mol. The topological polar surface area (TPSA) is 86.8 Å². The molecule has 0 spiro atoms. The Bertz CT molecular complexity index is 1470. The van der Waals surface area contributed by atoms with E-state index in [0.717, 1.165) is 27.8 Å². The summed E-state index contributed by atoms with van der Waals surface area (Å²) >= 11 is 0. The fourth-order valence-corrected chi connectivity index (χ4v) is 5.89. The van der Waals surface area contributed by atoms with Crippen LogP contribution >= 0.6 is 0 Å². The molecule has 0 saturated carbocycles. The van der Waals surface area contributed by atoms with Crippen LogP contribution in [-0.4, -0.2) is 43.3 Å². The molecule has 214 valence electrons. The third kappa shape index (κ3) is 7.50. The normalized spacial score (nSPS) is 12.5. The van der Waals surface area contributed by atoms with E-state index in [1.54, 1.807) is 43.3 Å². The van der Waals surface area contributed by atoms with Gasteiger partial charge < -0.3 is 10.2 Å². The first-order valence-corrected chi connectivity index (χ1v) is 14.9. The van der Waals surface area contributed by atoms with E-state index in [1.165, 1.54) is 9.21 Å². The van der Waals surface area contributed by atoms with Gasteiger partial charge in [-0.15, -0.1) is 0 Å². The first-order chi connectivity index (χ1) is 18.6. The number of hydrogen-bond donors (Lipinski definition) is 1. The molecule has 0 fully saturated rings. The second-order valence-corrected chi connectivity index (χ2v) is 13.3. The van der Waals surface area contributed by atoms with Gasteiger partial charge in [0.2, 0.25) is 11.8 Å². The number of sulfonamides is 1. The van der Waals surface area contributed by atoms with Crippen molar-refractivity contribution in [2.75, 3.05) is 10.8 Å². The van der Waals surface area contributed by atoms with Crippen molar-refractivity contribution in [2.24, 2.45) is 0 Å². The van der Waals surface area contributed by atoms with Crippen molar-refractivity contribution in [3.05, 3.63) is 94.5 Å². The molecule has 0 heterocycles. The molecule has 0 saturated heterocycles. The summed E-state index contributed by atoms with van der Waals surface area (Å²) < 4.78 is 29.2. The molecule has 0 radical (unpaired) electrons. The maximum atomic E-state index is 14.1. The molecular formula is C32H41N3O4S. The van der Waals surface area contributed by atoms with Crippen LogP contribution in [0.1, 0.15) is 55.5 Å². The molecule has 1 atom stereocenters. The van der Waals surface area contributed by atoms with Crippen LogP contribution in [0.15, 0.2) is 71.6 Å². The van der Waals surface area contributed by atoms with Crippen LogP contribution in [-0.2, 0) is 26.2 Å². The van der Waals surface area contributed by atoms with Crippen molar-refractivity contribution in [1.82, 2.24) is 10.2 Å². The highest BCUT2D eigenvalue weighted by Gasteiger charge is 2.34. The molecule has 0 aliphatic carbocycles. The number of hydrogen-bond acceptors (Lipinski definition) is 4. The van der Waals surface area contributed by atoms with Crippen LogP contribution in [0.25, 0.3) is 0 Å². The van der Waals surface area contributed by atoms with Gasteiger partial charge >= 0.3 is 0 Å². The summed E-state index contributed by atoms with van der Waals surface area (Å²) in [6, 6.07) is 18.8. The molecule has 3 aromatic carbocycles. The predicted molar refractivity (Wildman–Crippen MR) is 161 cm³/mol. The van der Waals surface area contributed by atoms with Gasteiger partial charge in [-0.2, -0.15) is 0 Å². The molecule has 2 amide bonds. The minimum Gasteiger partial charge on any atom is -0.350 e. The van der Waals surface area contributed by atoms with Crippen LogP contribution in [0.4, 0.5) is 5.69 Å². The third-order valence-electron chi connectivity index (χ3n) is 6.83. The van der Waals surface area contributed by atoms with E-state index < -0.39 is 34.1 Å². The van der Waals surface area contributed by atoms with Crippen LogP contribution in [0, 0.1) is 27.7 Å². The Morgan fingerprint density at radius 3 is 2.10 bits per heavy atom. The molecule has 3 aromatic rings. The quantitative estimate of drug-likeness (QED) is 0.375. The molecule has 40 heavy (non-hydrogen) atoms. The third-order valence-corrected chi connectivity index (χ3v) is 8.61. The zero-order chi connectivity index (χ0) is 29.8. The molecule has 3 rings (SSSR count). The summed E-state index contributed by atoms with van der Waals surface area (Å²) in [5.41, 5.74) is 4.40. The van der Waals surface area contributed by atoms with Gasteiger partial charge in [-0.25, -0.2) is 8.42 Å². The van der Waals surface area contributed by atoms with Gasteiger partial charge in [0.25, 0.3) is 10.0 Å². The minimum absolute atomic E-state index is 0.0931. The smallest absolute Gasteiger partial charge is 0.264 e. The summed E-state index contributed by atoms with van der Waals surface area (Å²) in [5.74, 6) is -0.789. The summed E-state index contributed by atoms with van der Waals surface area (Å²) in [4.78, 5) is 28.9. The van der Waals surface area contributed by atoms with Gasteiger partial charge in [-0.3, -0.25) is 13.9 Å². The molecule has 0 unspecified atom stereocenters. The van der Waals surface area contributed by atoms with Gasteiger partial charge in [0.05, 0.1) is 10.6 Å². The monoisotopic (exact) mass is 563 g/mol. The Morgan fingerprint density at radius 2 is 1.50 bits per heavy atom. The summed E-state index contributed by atoms with van der Waals surface area (Å²) in [6.07, 6.45) is 0. The number of benzene rings is 3. The number of amides is 2. The largest absolute Gasteiger partial charge is 0.350 e. The average Bonchev–Trinajstić information content (AvgIpc) is 2.86. The highest BCUT2D eigenvalue weighted by molar-refractivity contribution is 7.92. The Balaban J connectivity index is 2.08. The lowest BCUT2D eigenvalue weighted by molar-refractivity contribution is -0.140. The van der Waals surface area contributed by atoms with Crippen molar-refractivity contribution in [1.29, 1.82) is 0 Å². The number of aryl methyl sites for hydroxylation is 3. The molecule has 0 aliphatic heterocycles. The number of anilines is 1. The fourth-order valence-electron chi connectivity index (χ4n) is 4.42. The maximum absolute atomic E-state index is 14.1. The van der Waals surface area contributed by atoms with Crippen LogP contribution in [0.5, 0.6) is 0 Å². The molecule has 0 aliphatic rings. The zero-order valence-corrected chi connectivity index (χ0v) is 25.6. The van der Waals surface area contributed by atoms with Crippen molar-refractivity contribution >= 4 is 27.5 Å². The molecule has 8 heteroatoms. The lowest BCUT2D eigenvalue weighted by Crippen LogP contribution is -2.54. The second-order valence-electron chi connectivity index (χ2n) is 11.5. The number of carbonyl (C=O) groups excluding carboxylic acids is 2. The zero-order valence-electron chi connectivity index (χ0n) is 24.8. The van der Waals surface area contributed by atoms with Crippen LogP contribution in [0.2, 0.25) is 0 Å². The Kier molecular flexibility index (Phi) is 9.46. The van der Waals surface area contributed by atoms with Crippen molar-refractivity contribution < 1.29 is 18.0 Å². The van der Waals surface area contributed by atoms with Gasteiger partial charge in [0, 0.05) is 12.1 Å². The van der Waals surface area contributed by atoms with E-state index in [2.05, 4.69) is 5.32 Å². The average molecular weight is 564 g/mol. The molecule has 1 N–H and O–H groups in total. The highest BCUT2D eigenvalue weighted by Crippen LogP contribution is 2.29. The van der Waals surface area contributed by atoms with Gasteiger partial charge in [0.15, 0.2) is 0 Å². The van der Waals surface area contributed by atoms with E-state index in [1.807, 2.05) is 78.8 Å². The van der Waals surface area contributed by atoms with Crippen LogP contribution in [0.3, 0.4) is 0 Å². The van der Waals surface area contributed by atoms with E-state index in [9.17, 15) is 18.0 Å². The summed E-state index contributed by atoms with van der Waals surface area (Å²) in [5, 5.41) is 2.95. The summed E-state index contributed by atoms with van der Waals surface area (Å²) in [6.45, 7) is 14.6. The Hall–Kier alpha value is -3.65. The van der Waals surface area contributed by atoms with Crippen molar-refractivity contribution in [3.8, 4) is 0 Å². The van der Waals surface area contributed by atoms with E-state index in [4.69, 9.17) is 0 Å². The first kappa shape index (κ1) is 30.9. The van der Waals surface area contributed by atoms with Gasteiger partial charge in [-0.1, -0.05) is 59.7 Å². The number of nitrogens with one attached hydrogen (secondary N) is 1. The lowest BCUT2D eigenvalue weighted by atomic mass is 10.1. The van der Waals surface area contributed by atoms with E-state index in [-0.39, 0.29) is 17.3 Å². The second kappa shape index (κ2) is 12.3. The predicted octanol–water partition coefficient (Wildman–Crippen LogP) is 5.45. The van der Waals surface area contributed by atoms with Crippen LogP contribution < -0.4 is 9.62 Å². The minimum atomic E-state index is -4.11. The standard InChI is InChI=1S/C32H41N3O4S/c1-22-15-17-28(18-16-22)40(38,39)35(29-14-10-12-24(3)25(29)4)21-30(36)34(20-27-13-9-11-23(2)19-27)26(5)31(37)33-32(6,7)8/h9-19,26H,20-21H2,1-8H3,(H,33,37)/t26-/m1/s1. The highest BCUT2D eigenvalue weighted by atomic mass is 32.2. The maximum Gasteiger partial charge on any atom is 0.264 e. The van der Waals surface area contributed by atoms with E-state index >= 15 is 0 Å². The molecule has 0 bridgehead atoms.